The van der Waals surface area contributed by atoms with Crippen molar-refractivity contribution in [2.75, 3.05) is 53.4 Å². The zero-order valence-corrected chi connectivity index (χ0v) is 17.4. The summed E-state index contributed by atoms with van der Waals surface area (Å²) in [5.41, 5.74) is 2.15. The summed E-state index contributed by atoms with van der Waals surface area (Å²) in [6.45, 7) is 10.9. The topological polar surface area (TPSA) is 73.7 Å². The maximum atomic E-state index is 12.3. The maximum absolute atomic E-state index is 12.3. The van der Waals surface area contributed by atoms with Crippen LogP contribution < -0.4 is 5.32 Å². The lowest BCUT2D eigenvalue weighted by Gasteiger charge is -2.32. The van der Waals surface area contributed by atoms with E-state index in [1.807, 2.05) is 6.33 Å². The van der Waals surface area contributed by atoms with Gasteiger partial charge in [-0.1, -0.05) is 13.8 Å². The molecule has 0 atom stereocenters. The summed E-state index contributed by atoms with van der Waals surface area (Å²) in [5.74, 6) is -0.0879. The average Bonchev–Trinajstić information content (AvgIpc) is 3.03. The van der Waals surface area contributed by atoms with Crippen LogP contribution in [0.1, 0.15) is 37.6 Å². The number of aryl methyl sites for hydroxylation is 1. The molecule has 2 amide bonds. The van der Waals surface area contributed by atoms with Crippen LogP contribution in [0.2, 0.25) is 0 Å². The second kappa shape index (κ2) is 8.87. The molecular formula is C20H32N6O2. The number of nitrogens with zero attached hydrogens (tertiary/aromatic N) is 5. The lowest BCUT2D eigenvalue weighted by molar-refractivity contribution is -0.135. The molecular weight excluding hydrogens is 356 g/mol. The molecule has 2 aliphatic rings. The van der Waals surface area contributed by atoms with Crippen molar-refractivity contribution in [2.45, 2.75) is 32.7 Å². The number of amides is 2. The molecule has 1 N–H and O–H groups in total. The van der Waals surface area contributed by atoms with Gasteiger partial charge in [0.1, 0.15) is 5.70 Å². The monoisotopic (exact) mass is 388 g/mol. The van der Waals surface area contributed by atoms with Crippen LogP contribution >= 0.6 is 0 Å². The molecule has 3 rings (SSSR count). The van der Waals surface area contributed by atoms with Gasteiger partial charge in [0.2, 0.25) is 5.91 Å². The van der Waals surface area contributed by atoms with Gasteiger partial charge in [0.25, 0.3) is 5.91 Å². The first-order valence-corrected chi connectivity index (χ1v) is 10.1. The standard InChI is InChI=1S/C20H32N6O2/c1-15(2)19-16(12-17-20(28)24(4)13-18(27)22-17)21-14-26(19)7-5-6-25-10-8-23(3)9-11-25/h12,14-15H,5-11,13H2,1-4H3,(H,22,27)/b17-12-. The highest BCUT2D eigenvalue weighted by atomic mass is 16.2. The van der Waals surface area contributed by atoms with Gasteiger partial charge in [0.05, 0.1) is 18.6 Å². The molecule has 3 heterocycles. The van der Waals surface area contributed by atoms with Crippen molar-refractivity contribution >= 4 is 17.9 Å². The van der Waals surface area contributed by atoms with E-state index in [4.69, 9.17) is 0 Å². The summed E-state index contributed by atoms with van der Waals surface area (Å²) in [6, 6.07) is 0. The Morgan fingerprint density at radius 3 is 2.54 bits per heavy atom. The van der Waals surface area contributed by atoms with Crippen LogP contribution in [0, 0.1) is 0 Å². The van der Waals surface area contributed by atoms with Crippen molar-refractivity contribution in [1.29, 1.82) is 0 Å². The summed E-state index contributed by atoms with van der Waals surface area (Å²) >= 11 is 0. The highest BCUT2D eigenvalue weighted by Crippen LogP contribution is 2.22. The Labute approximate surface area is 167 Å². The summed E-state index contributed by atoms with van der Waals surface area (Å²) < 4.78 is 2.19. The Hall–Kier alpha value is -2.19. The summed E-state index contributed by atoms with van der Waals surface area (Å²) in [6.07, 6.45) is 4.63. The minimum Gasteiger partial charge on any atom is -0.334 e. The van der Waals surface area contributed by atoms with Crippen LogP contribution in [0.25, 0.3) is 6.08 Å². The number of piperazine rings is 2. The normalized spacial score (nSPS) is 21.0. The van der Waals surface area contributed by atoms with E-state index in [-0.39, 0.29) is 24.3 Å². The number of likely N-dealkylation sites (N-methyl/N-ethyl adjacent to an activating group) is 2. The van der Waals surface area contributed by atoms with Gasteiger partial charge in [0.15, 0.2) is 0 Å². The van der Waals surface area contributed by atoms with Crippen LogP contribution in [0.15, 0.2) is 12.0 Å². The molecule has 0 spiro atoms. The minimum atomic E-state index is -0.182. The lowest BCUT2D eigenvalue weighted by atomic mass is 10.1. The second-order valence-corrected chi connectivity index (χ2v) is 8.13. The number of carbonyl (C=O) groups is 2. The first-order chi connectivity index (χ1) is 13.3. The van der Waals surface area contributed by atoms with E-state index in [1.165, 1.54) is 4.90 Å². The van der Waals surface area contributed by atoms with E-state index in [1.54, 1.807) is 13.1 Å². The van der Waals surface area contributed by atoms with Crippen molar-refractivity contribution in [1.82, 2.24) is 29.6 Å². The smallest absolute Gasteiger partial charge is 0.270 e. The Balaban J connectivity index is 1.68. The van der Waals surface area contributed by atoms with Crippen LogP contribution in [0.3, 0.4) is 0 Å². The van der Waals surface area contributed by atoms with Crippen molar-refractivity contribution in [3.05, 3.63) is 23.4 Å². The molecule has 0 aromatic carbocycles. The molecule has 0 bridgehead atoms. The van der Waals surface area contributed by atoms with Gasteiger partial charge < -0.3 is 24.6 Å². The third-order valence-corrected chi connectivity index (χ3v) is 5.44. The molecule has 0 saturated carbocycles. The first-order valence-electron chi connectivity index (χ1n) is 10.1. The maximum Gasteiger partial charge on any atom is 0.270 e. The van der Waals surface area contributed by atoms with Gasteiger partial charge in [-0.15, -0.1) is 0 Å². The number of aromatic nitrogens is 2. The molecule has 154 valence electrons. The van der Waals surface area contributed by atoms with E-state index >= 15 is 0 Å². The van der Waals surface area contributed by atoms with Crippen molar-refractivity contribution in [2.24, 2.45) is 0 Å². The first kappa shape index (κ1) is 20.5. The molecule has 8 heteroatoms. The molecule has 2 fully saturated rings. The van der Waals surface area contributed by atoms with Crippen molar-refractivity contribution in [3.63, 3.8) is 0 Å². The number of imidazole rings is 1. The molecule has 8 nitrogen and oxygen atoms in total. The fourth-order valence-electron chi connectivity index (χ4n) is 3.83. The van der Waals surface area contributed by atoms with E-state index in [2.05, 4.69) is 45.6 Å². The highest BCUT2D eigenvalue weighted by molar-refractivity contribution is 6.05. The summed E-state index contributed by atoms with van der Waals surface area (Å²) in [4.78, 5) is 34.9. The molecule has 1 aromatic heterocycles. The van der Waals surface area contributed by atoms with E-state index in [0.29, 0.717) is 5.70 Å². The third kappa shape index (κ3) is 4.80. The van der Waals surface area contributed by atoms with Crippen molar-refractivity contribution in [3.8, 4) is 0 Å². The minimum absolute atomic E-state index is 0.0912. The fourth-order valence-corrected chi connectivity index (χ4v) is 3.83. The number of rotatable bonds is 6. The van der Waals surface area contributed by atoms with Gasteiger partial charge in [-0.3, -0.25) is 9.59 Å². The van der Waals surface area contributed by atoms with E-state index in [9.17, 15) is 9.59 Å². The summed E-state index contributed by atoms with van der Waals surface area (Å²) in [5, 5.41) is 2.68. The zero-order valence-electron chi connectivity index (χ0n) is 17.4. The molecule has 0 radical (unpaired) electrons. The van der Waals surface area contributed by atoms with Gasteiger partial charge in [0, 0.05) is 45.5 Å². The highest BCUT2D eigenvalue weighted by Gasteiger charge is 2.26. The van der Waals surface area contributed by atoms with Crippen LogP contribution in [0.4, 0.5) is 0 Å². The molecule has 0 unspecified atom stereocenters. The van der Waals surface area contributed by atoms with Gasteiger partial charge in [-0.25, -0.2) is 4.98 Å². The van der Waals surface area contributed by atoms with Gasteiger partial charge >= 0.3 is 0 Å². The SMILES string of the molecule is CC(C)c1c(/C=C2\NC(=O)CN(C)C2=O)ncn1CCCN1CCN(C)CC1. The van der Waals surface area contributed by atoms with Crippen LogP contribution in [-0.4, -0.2) is 89.4 Å². The average molecular weight is 389 g/mol. The van der Waals surface area contributed by atoms with E-state index in [0.717, 1.165) is 57.1 Å². The van der Waals surface area contributed by atoms with Gasteiger partial charge in [-0.2, -0.15) is 0 Å². The molecule has 0 aliphatic carbocycles. The Bertz CT molecular complexity index is 746. The molecule has 28 heavy (non-hydrogen) atoms. The molecule has 2 saturated heterocycles. The number of nitrogens with one attached hydrogen (secondary N) is 1. The fraction of sp³-hybridized carbons (Fsp3) is 0.650. The van der Waals surface area contributed by atoms with Crippen molar-refractivity contribution < 1.29 is 9.59 Å². The number of carbonyl (C=O) groups excluding carboxylic acids is 2. The Kier molecular flexibility index (Phi) is 6.51. The largest absolute Gasteiger partial charge is 0.334 e. The predicted molar refractivity (Wildman–Crippen MR) is 109 cm³/mol. The number of hydrogen-bond acceptors (Lipinski definition) is 5. The molecule has 2 aliphatic heterocycles. The quantitative estimate of drug-likeness (QED) is 0.722. The van der Waals surface area contributed by atoms with Gasteiger partial charge in [-0.05, 0) is 32.0 Å². The predicted octanol–water partition coefficient (Wildman–Crippen LogP) is 0.573. The lowest BCUT2D eigenvalue weighted by Crippen LogP contribution is -2.47. The van der Waals surface area contributed by atoms with Crippen LogP contribution in [0.5, 0.6) is 0 Å². The Morgan fingerprint density at radius 2 is 1.86 bits per heavy atom. The third-order valence-electron chi connectivity index (χ3n) is 5.44. The zero-order chi connectivity index (χ0) is 20.3. The summed E-state index contributed by atoms with van der Waals surface area (Å²) in [7, 11) is 3.81. The Morgan fingerprint density at radius 1 is 1.14 bits per heavy atom. The molecule has 1 aromatic rings. The van der Waals surface area contributed by atoms with Crippen LogP contribution in [-0.2, 0) is 16.1 Å². The second-order valence-electron chi connectivity index (χ2n) is 8.13. The number of hydrogen-bond donors (Lipinski definition) is 1. The van der Waals surface area contributed by atoms with E-state index < -0.39 is 0 Å².